The summed E-state index contributed by atoms with van der Waals surface area (Å²) < 4.78 is 0.768. The molecule has 2 aromatic rings. The second-order valence-corrected chi connectivity index (χ2v) is 4.61. The van der Waals surface area contributed by atoms with E-state index in [1.807, 2.05) is 0 Å². The molecule has 1 heterocycles. The quantitative estimate of drug-likeness (QED) is 0.911. The highest BCUT2D eigenvalue weighted by Crippen LogP contribution is 2.16. The first-order chi connectivity index (χ1) is 9.08. The van der Waals surface area contributed by atoms with Crippen LogP contribution >= 0.6 is 15.9 Å². The Hall–Kier alpha value is -2.21. The van der Waals surface area contributed by atoms with Gasteiger partial charge in [0.2, 0.25) is 0 Å². The minimum atomic E-state index is -1.12. The van der Waals surface area contributed by atoms with Crippen LogP contribution in [0.1, 0.15) is 20.7 Å². The first-order valence-electron chi connectivity index (χ1n) is 5.32. The molecule has 0 spiro atoms. The molecule has 0 bridgehead atoms. The number of carboxylic acid groups (broad SMARTS) is 1. The number of carbonyl (C=O) groups is 2. The zero-order valence-electron chi connectivity index (χ0n) is 9.63. The molecule has 0 saturated carbocycles. The van der Waals surface area contributed by atoms with Crippen LogP contribution in [0.2, 0.25) is 0 Å². The summed E-state index contributed by atoms with van der Waals surface area (Å²) in [5, 5.41) is 11.5. The highest BCUT2D eigenvalue weighted by atomic mass is 79.9. The van der Waals surface area contributed by atoms with E-state index < -0.39 is 11.9 Å². The normalized spacial score (nSPS) is 9.95. The van der Waals surface area contributed by atoms with E-state index >= 15 is 0 Å². The Bertz CT molecular complexity index is 643. The van der Waals surface area contributed by atoms with Crippen molar-refractivity contribution in [2.24, 2.45) is 0 Å². The molecular formula is C13H9BrN2O3. The Kier molecular flexibility index (Phi) is 3.91. The van der Waals surface area contributed by atoms with Crippen molar-refractivity contribution >= 4 is 33.5 Å². The van der Waals surface area contributed by atoms with Gasteiger partial charge in [0.05, 0.1) is 17.4 Å². The van der Waals surface area contributed by atoms with Gasteiger partial charge in [-0.3, -0.25) is 9.78 Å². The van der Waals surface area contributed by atoms with Crippen LogP contribution in [-0.2, 0) is 0 Å². The number of carboxylic acids is 1. The number of aromatic nitrogens is 1. The topological polar surface area (TPSA) is 79.3 Å². The lowest BCUT2D eigenvalue weighted by atomic mass is 10.2. The summed E-state index contributed by atoms with van der Waals surface area (Å²) in [6.07, 6.45) is 2.66. The molecule has 1 aromatic heterocycles. The summed E-state index contributed by atoms with van der Waals surface area (Å²) in [5.74, 6) is -1.51. The summed E-state index contributed by atoms with van der Waals surface area (Å²) in [4.78, 5) is 26.8. The monoisotopic (exact) mass is 320 g/mol. The van der Waals surface area contributed by atoms with Crippen molar-refractivity contribution < 1.29 is 14.7 Å². The number of anilines is 1. The average Bonchev–Trinajstić information content (AvgIpc) is 2.39. The van der Waals surface area contributed by atoms with E-state index in [1.54, 1.807) is 24.3 Å². The molecule has 0 unspecified atom stereocenters. The van der Waals surface area contributed by atoms with Gasteiger partial charge >= 0.3 is 5.97 Å². The highest BCUT2D eigenvalue weighted by Gasteiger charge is 2.13. The number of rotatable bonds is 3. The number of aromatic carboxylic acids is 1. The van der Waals surface area contributed by atoms with Crippen LogP contribution in [0.5, 0.6) is 0 Å². The number of hydrogen-bond donors (Lipinski definition) is 2. The second-order valence-electron chi connectivity index (χ2n) is 3.69. The van der Waals surface area contributed by atoms with Crippen molar-refractivity contribution in [1.82, 2.24) is 4.98 Å². The Morgan fingerprint density at radius 2 is 2.05 bits per heavy atom. The van der Waals surface area contributed by atoms with Gasteiger partial charge in [0.15, 0.2) is 0 Å². The third-order valence-corrected chi connectivity index (χ3v) is 2.88. The van der Waals surface area contributed by atoms with Gasteiger partial charge in [-0.25, -0.2) is 4.79 Å². The van der Waals surface area contributed by atoms with E-state index in [9.17, 15) is 9.59 Å². The van der Waals surface area contributed by atoms with Crippen LogP contribution in [0.15, 0.2) is 47.2 Å². The fourth-order valence-electron chi connectivity index (χ4n) is 1.50. The molecule has 5 nitrogen and oxygen atoms in total. The number of benzene rings is 1. The Labute approximate surface area is 117 Å². The van der Waals surface area contributed by atoms with E-state index in [0.717, 1.165) is 4.47 Å². The number of amides is 1. The second kappa shape index (κ2) is 5.62. The van der Waals surface area contributed by atoms with Crippen LogP contribution in [0.25, 0.3) is 0 Å². The number of pyridine rings is 1. The number of carbonyl (C=O) groups excluding carboxylic acids is 1. The van der Waals surface area contributed by atoms with Gasteiger partial charge in [0.25, 0.3) is 5.91 Å². The van der Waals surface area contributed by atoms with Crippen LogP contribution in [-0.4, -0.2) is 22.0 Å². The number of hydrogen-bond acceptors (Lipinski definition) is 3. The third kappa shape index (κ3) is 3.17. The fourth-order valence-corrected chi connectivity index (χ4v) is 1.90. The summed E-state index contributed by atoms with van der Waals surface area (Å²) in [6, 6.07) is 8.13. The molecule has 0 radical (unpaired) electrons. The van der Waals surface area contributed by atoms with Gasteiger partial charge in [0.1, 0.15) is 0 Å². The standard InChI is InChI=1S/C13H9BrN2O3/c14-9-3-1-2-8(6-9)12(17)16-11-7-15-5-4-10(11)13(18)19/h1-7H,(H,16,17)(H,18,19). The molecule has 0 aliphatic rings. The minimum Gasteiger partial charge on any atom is -0.478 e. The van der Waals surface area contributed by atoms with Gasteiger partial charge in [0, 0.05) is 16.2 Å². The van der Waals surface area contributed by atoms with Crippen molar-refractivity contribution in [3.63, 3.8) is 0 Å². The molecule has 2 N–H and O–H groups in total. The molecule has 0 aliphatic carbocycles. The summed E-state index contributed by atoms with van der Waals surface area (Å²) >= 11 is 3.27. The lowest BCUT2D eigenvalue weighted by Crippen LogP contribution is -2.15. The smallest absolute Gasteiger partial charge is 0.337 e. The molecule has 1 aromatic carbocycles. The van der Waals surface area contributed by atoms with Crippen molar-refractivity contribution in [2.75, 3.05) is 5.32 Å². The zero-order valence-corrected chi connectivity index (χ0v) is 11.2. The maximum atomic E-state index is 12.0. The van der Waals surface area contributed by atoms with Crippen LogP contribution < -0.4 is 5.32 Å². The van der Waals surface area contributed by atoms with Crippen LogP contribution in [0.3, 0.4) is 0 Å². The van der Waals surface area contributed by atoms with E-state index in [1.165, 1.54) is 18.5 Å². The Morgan fingerprint density at radius 3 is 2.74 bits per heavy atom. The zero-order chi connectivity index (χ0) is 13.8. The number of halogens is 1. The van der Waals surface area contributed by atoms with Gasteiger partial charge in [-0.1, -0.05) is 22.0 Å². The van der Waals surface area contributed by atoms with Crippen LogP contribution in [0.4, 0.5) is 5.69 Å². The first kappa shape index (κ1) is 13.2. The van der Waals surface area contributed by atoms with Crippen LogP contribution in [0, 0.1) is 0 Å². The van der Waals surface area contributed by atoms with Gasteiger partial charge in [-0.15, -0.1) is 0 Å². The molecule has 0 aliphatic heterocycles. The molecule has 96 valence electrons. The predicted molar refractivity (Wildman–Crippen MR) is 73.3 cm³/mol. The fraction of sp³-hybridized carbons (Fsp3) is 0. The summed E-state index contributed by atoms with van der Waals surface area (Å²) in [7, 11) is 0. The molecule has 1 amide bonds. The largest absolute Gasteiger partial charge is 0.478 e. The van der Waals surface area contributed by atoms with Crippen molar-refractivity contribution in [3.05, 3.63) is 58.3 Å². The predicted octanol–water partition coefficient (Wildman–Crippen LogP) is 2.79. The van der Waals surface area contributed by atoms with Crippen molar-refractivity contribution in [2.45, 2.75) is 0 Å². The van der Waals surface area contributed by atoms with Gasteiger partial charge < -0.3 is 10.4 Å². The maximum Gasteiger partial charge on any atom is 0.337 e. The molecule has 2 rings (SSSR count). The van der Waals surface area contributed by atoms with E-state index in [0.29, 0.717) is 5.56 Å². The lowest BCUT2D eigenvalue weighted by molar-refractivity contribution is 0.0698. The summed E-state index contributed by atoms with van der Waals surface area (Å²) in [6.45, 7) is 0. The molecule has 19 heavy (non-hydrogen) atoms. The van der Waals surface area contributed by atoms with Crippen molar-refractivity contribution in [1.29, 1.82) is 0 Å². The highest BCUT2D eigenvalue weighted by molar-refractivity contribution is 9.10. The van der Waals surface area contributed by atoms with E-state index in [-0.39, 0.29) is 11.3 Å². The molecule has 6 heteroatoms. The van der Waals surface area contributed by atoms with Crippen molar-refractivity contribution in [3.8, 4) is 0 Å². The Morgan fingerprint density at radius 1 is 1.26 bits per heavy atom. The molecule has 0 saturated heterocycles. The van der Waals surface area contributed by atoms with E-state index in [4.69, 9.17) is 5.11 Å². The van der Waals surface area contributed by atoms with Gasteiger partial charge in [-0.2, -0.15) is 0 Å². The molecule has 0 fully saturated rings. The summed E-state index contributed by atoms with van der Waals surface area (Å²) in [5.41, 5.74) is 0.591. The number of nitrogens with one attached hydrogen (secondary N) is 1. The van der Waals surface area contributed by atoms with E-state index in [2.05, 4.69) is 26.2 Å². The maximum absolute atomic E-state index is 12.0. The first-order valence-corrected chi connectivity index (χ1v) is 6.11. The average molecular weight is 321 g/mol. The Balaban J connectivity index is 2.27. The molecule has 0 atom stereocenters. The number of nitrogens with zero attached hydrogens (tertiary/aromatic N) is 1. The lowest BCUT2D eigenvalue weighted by Gasteiger charge is -2.07. The third-order valence-electron chi connectivity index (χ3n) is 2.39. The van der Waals surface area contributed by atoms with Gasteiger partial charge in [-0.05, 0) is 24.3 Å². The SMILES string of the molecule is O=C(Nc1cnccc1C(=O)O)c1cccc(Br)c1. The minimum absolute atomic E-state index is 0.00153. The molecular weight excluding hydrogens is 312 g/mol.